The Kier molecular flexibility index (Phi) is 9.38. The molecule has 0 spiro atoms. The summed E-state index contributed by atoms with van der Waals surface area (Å²) in [6.45, 7) is 0. The van der Waals surface area contributed by atoms with Gasteiger partial charge in [0.15, 0.2) is 17.5 Å². The van der Waals surface area contributed by atoms with Crippen molar-refractivity contribution < 1.29 is 0 Å². The topological polar surface area (TPSA) is 38.7 Å². The highest BCUT2D eigenvalue weighted by atomic mass is 32.1. The first-order valence-electron chi connectivity index (χ1n) is 20.5. The van der Waals surface area contributed by atoms with E-state index >= 15 is 0 Å². The van der Waals surface area contributed by atoms with Gasteiger partial charge in [-0.15, -0.1) is 11.3 Å². The number of nitrogens with zero attached hydrogens (tertiary/aromatic N) is 3. The third-order valence-corrected chi connectivity index (χ3v) is 12.5. The molecule has 0 bridgehead atoms. The van der Waals surface area contributed by atoms with Gasteiger partial charge in [0.05, 0.1) is 0 Å². The number of aromatic nitrogens is 3. The van der Waals surface area contributed by atoms with E-state index < -0.39 is 0 Å². The van der Waals surface area contributed by atoms with E-state index in [0.717, 1.165) is 33.4 Å². The van der Waals surface area contributed by atoms with Crippen LogP contribution in [0.15, 0.2) is 224 Å². The maximum Gasteiger partial charge on any atom is 0.164 e. The molecular weight excluding hydrogens is 759 g/mol. The van der Waals surface area contributed by atoms with Gasteiger partial charge in [-0.2, -0.15) is 0 Å². The molecule has 0 fully saturated rings. The third-order valence-electron chi connectivity index (χ3n) is 11.3. The van der Waals surface area contributed by atoms with Crippen LogP contribution in [0.3, 0.4) is 0 Å². The molecule has 2 aromatic heterocycles. The highest BCUT2D eigenvalue weighted by Gasteiger charge is 2.19. The van der Waals surface area contributed by atoms with Crippen molar-refractivity contribution >= 4 is 31.5 Å². The van der Waals surface area contributed by atoms with Gasteiger partial charge in [0.2, 0.25) is 0 Å². The van der Waals surface area contributed by atoms with E-state index in [-0.39, 0.29) is 0 Å². The zero-order valence-corrected chi connectivity index (χ0v) is 33.9. The van der Waals surface area contributed by atoms with Gasteiger partial charge in [-0.25, -0.2) is 15.0 Å². The molecule has 11 rings (SSSR count). The summed E-state index contributed by atoms with van der Waals surface area (Å²) >= 11 is 1.85. The number of benzene rings is 9. The summed E-state index contributed by atoms with van der Waals surface area (Å²) in [5.41, 5.74) is 14.4. The molecule has 0 aliphatic rings. The zero-order valence-electron chi connectivity index (χ0n) is 33.1. The summed E-state index contributed by atoms with van der Waals surface area (Å²) in [5, 5.41) is 2.58. The highest BCUT2D eigenvalue weighted by molar-refractivity contribution is 7.25. The van der Waals surface area contributed by atoms with Crippen molar-refractivity contribution in [2.45, 2.75) is 0 Å². The number of thiophene rings is 1. The molecule has 0 N–H and O–H groups in total. The smallest absolute Gasteiger partial charge is 0.164 e. The van der Waals surface area contributed by atoms with E-state index in [9.17, 15) is 0 Å². The molecule has 0 aliphatic heterocycles. The van der Waals surface area contributed by atoms with Crippen LogP contribution in [0.5, 0.6) is 0 Å². The van der Waals surface area contributed by atoms with Crippen LogP contribution in [0.25, 0.3) is 110 Å². The van der Waals surface area contributed by atoms with Crippen molar-refractivity contribution in [2.75, 3.05) is 0 Å². The van der Waals surface area contributed by atoms with Gasteiger partial charge in [0.1, 0.15) is 0 Å². The van der Waals surface area contributed by atoms with Crippen molar-refractivity contribution in [3.05, 3.63) is 224 Å². The fraction of sp³-hybridized carbons (Fsp3) is 0. The molecular formula is C57H37N3S. The van der Waals surface area contributed by atoms with Crippen LogP contribution >= 0.6 is 11.3 Å². The standard InChI is InChI=1S/C57H37N3S/c1-5-17-38(18-6-1)47-36-49(54(39-19-7-2-8-20-39)50(37-47)45-31-32-53-51(35-45)48-29-13-14-30-52(48)61-53)44-27-15-25-42(33-44)43-26-16-28-46(34-43)57-59-55(40-21-9-3-10-22-40)58-56(60-57)41-23-11-4-12-24-41/h1-37H. The van der Waals surface area contributed by atoms with Gasteiger partial charge in [-0.3, -0.25) is 0 Å². The molecule has 286 valence electrons. The molecule has 0 atom stereocenters. The molecule has 0 saturated heterocycles. The Bertz CT molecular complexity index is 3280. The lowest BCUT2D eigenvalue weighted by atomic mass is 9.84. The van der Waals surface area contributed by atoms with Crippen LogP contribution in [-0.4, -0.2) is 15.0 Å². The van der Waals surface area contributed by atoms with Gasteiger partial charge < -0.3 is 0 Å². The first-order valence-corrected chi connectivity index (χ1v) is 21.3. The minimum absolute atomic E-state index is 0.632. The molecule has 0 amide bonds. The van der Waals surface area contributed by atoms with Crippen molar-refractivity contribution in [3.63, 3.8) is 0 Å². The van der Waals surface area contributed by atoms with Crippen LogP contribution in [0.4, 0.5) is 0 Å². The first-order chi connectivity index (χ1) is 30.2. The van der Waals surface area contributed by atoms with Gasteiger partial charge >= 0.3 is 0 Å². The second kappa shape index (κ2) is 15.8. The SMILES string of the molecule is c1ccc(-c2cc(-c3cccc(-c4cccc(-c5nc(-c6ccccc6)nc(-c6ccccc6)n5)c4)c3)c(-c3ccccc3)c(-c3ccc4sc5ccccc5c4c3)c2)cc1. The maximum atomic E-state index is 5.03. The minimum atomic E-state index is 0.632. The van der Waals surface area contributed by atoms with Gasteiger partial charge in [-0.1, -0.05) is 182 Å². The van der Waals surface area contributed by atoms with Crippen molar-refractivity contribution in [1.82, 2.24) is 15.0 Å². The molecule has 4 heteroatoms. The van der Waals surface area contributed by atoms with Gasteiger partial charge in [-0.05, 0) is 98.1 Å². The van der Waals surface area contributed by atoms with Gasteiger partial charge in [0.25, 0.3) is 0 Å². The van der Waals surface area contributed by atoms with E-state index in [0.29, 0.717) is 17.5 Å². The molecule has 9 aromatic carbocycles. The second-order valence-corrected chi connectivity index (χ2v) is 16.3. The van der Waals surface area contributed by atoms with Crippen molar-refractivity contribution in [3.8, 4) is 89.8 Å². The average molecular weight is 796 g/mol. The van der Waals surface area contributed by atoms with Gasteiger partial charge in [0, 0.05) is 36.9 Å². The first kappa shape index (κ1) is 36.3. The molecule has 61 heavy (non-hydrogen) atoms. The summed E-state index contributed by atoms with van der Waals surface area (Å²) in [7, 11) is 0. The molecule has 0 saturated carbocycles. The summed E-state index contributed by atoms with van der Waals surface area (Å²) in [6, 6.07) is 79.8. The number of fused-ring (bicyclic) bond motifs is 3. The number of hydrogen-bond donors (Lipinski definition) is 0. The number of rotatable bonds is 8. The van der Waals surface area contributed by atoms with Crippen LogP contribution in [-0.2, 0) is 0 Å². The fourth-order valence-electron chi connectivity index (χ4n) is 8.35. The fourth-order valence-corrected chi connectivity index (χ4v) is 9.43. The van der Waals surface area contributed by atoms with E-state index in [1.54, 1.807) is 0 Å². The van der Waals surface area contributed by atoms with Crippen LogP contribution in [0.1, 0.15) is 0 Å². The van der Waals surface area contributed by atoms with Crippen molar-refractivity contribution in [1.29, 1.82) is 0 Å². The monoisotopic (exact) mass is 795 g/mol. The Morgan fingerprint density at radius 1 is 0.246 bits per heavy atom. The van der Waals surface area contributed by atoms with Crippen LogP contribution < -0.4 is 0 Å². The van der Waals surface area contributed by atoms with E-state index in [2.05, 4.69) is 164 Å². The Labute approximate surface area is 359 Å². The molecule has 2 heterocycles. The summed E-state index contributed by atoms with van der Waals surface area (Å²) in [6.07, 6.45) is 0. The largest absolute Gasteiger partial charge is 0.208 e. The minimum Gasteiger partial charge on any atom is -0.208 e. The van der Waals surface area contributed by atoms with E-state index in [1.807, 2.05) is 72.0 Å². The predicted octanol–water partition coefficient (Wildman–Crippen LogP) is 15.6. The summed E-state index contributed by atoms with van der Waals surface area (Å²) in [5.74, 6) is 1.92. The molecule has 0 unspecified atom stereocenters. The Hall–Kier alpha value is -7.79. The van der Waals surface area contributed by atoms with Crippen molar-refractivity contribution in [2.24, 2.45) is 0 Å². The summed E-state index contributed by atoms with van der Waals surface area (Å²) in [4.78, 5) is 15.0. The Morgan fingerprint density at radius 3 is 1.28 bits per heavy atom. The Morgan fingerprint density at radius 2 is 0.672 bits per heavy atom. The van der Waals surface area contributed by atoms with Crippen LogP contribution in [0, 0.1) is 0 Å². The lowest BCUT2D eigenvalue weighted by Gasteiger charge is -2.20. The lowest BCUT2D eigenvalue weighted by Crippen LogP contribution is -2.00. The summed E-state index contributed by atoms with van der Waals surface area (Å²) < 4.78 is 2.60. The third kappa shape index (κ3) is 7.09. The Balaban J connectivity index is 1.08. The molecule has 0 aliphatic carbocycles. The number of hydrogen-bond acceptors (Lipinski definition) is 4. The zero-order chi connectivity index (χ0) is 40.5. The predicted molar refractivity (Wildman–Crippen MR) is 256 cm³/mol. The molecule has 0 radical (unpaired) electrons. The highest BCUT2D eigenvalue weighted by Crippen LogP contribution is 2.46. The second-order valence-electron chi connectivity index (χ2n) is 15.2. The molecule has 11 aromatic rings. The van der Waals surface area contributed by atoms with E-state index in [1.165, 1.54) is 59.1 Å². The van der Waals surface area contributed by atoms with Crippen LogP contribution in [0.2, 0.25) is 0 Å². The normalized spacial score (nSPS) is 11.3. The quantitative estimate of drug-likeness (QED) is 0.154. The van der Waals surface area contributed by atoms with E-state index in [4.69, 9.17) is 15.0 Å². The maximum absolute atomic E-state index is 5.03. The molecule has 3 nitrogen and oxygen atoms in total. The average Bonchev–Trinajstić information content (AvgIpc) is 3.73. The lowest BCUT2D eigenvalue weighted by molar-refractivity contribution is 1.07.